The molecule has 0 fully saturated rings. The van der Waals surface area contributed by atoms with Crippen molar-refractivity contribution in [3.63, 3.8) is 0 Å². The second-order valence-corrected chi connectivity index (χ2v) is 4.69. The van der Waals surface area contributed by atoms with Crippen LogP contribution in [0.25, 0.3) is 0 Å². The fourth-order valence-corrected chi connectivity index (χ4v) is 1.98. The maximum absolute atomic E-state index is 11.8. The van der Waals surface area contributed by atoms with E-state index in [1.165, 1.54) is 0 Å². The second-order valence-electron chi connectivity index (χ2n) is 4.26. The van der Waals surface area contributed by atoms with Gasteiger partial charge >= 0.3 is 0 Å². The Morgan fingerprint density at radius 2 is 1.84 bits per heavy atom. The molecule has 98 valence electrons. The van der Waals surface area contributed by atoms with Gasteiger partial charge in [-0.1, -0.05) is 41.9 Å². The molecule has 0 radical (unpaired) electrons. The van der Waals surface area contributed by atoms with Crippen LogP contribution >= 0.6 is 11.6 Å². The van der Waals surface area contributed by atoms with Gasteiger partial charge in [0.25, 0.3) is 0 Å². The number of ether oxygens (including phenoxy) is 1. The number of benzene rings is 2. The lowest BCUT2D eigenvalue weighted by molar-refractivity contribution is -0.118. The van der Waals surface area contributed by atoms with Gasteiger partial charge in [-0.2, -0.15) is 0 Å². The van der Waals surface area contributed by atoms with Crippen LogP contribution in [0.1, 0.15) is 12.0 Å². The van der Waals surface area contributed by atoms with Crippen molar-refractivity contribution in [3.05, 3.63) is 65.2 Å². The molecule has 0 aliphatic rings. The summed E-state index contributed by atoms with van der Waals surface area (Å²) in [5.74, 6) is 0.941. The Balaban J connectivity index is 1.76. The van der Waals surface area contributed by atoms with E-state index in [9.17, 15) is 4.79 Å². The Kier molecular flexibility index (Phi) is 4.99. The molecule has 0 spiro atoms. The molecule has 2 aromatic rings. The van der Waals surface area contributed by atoms with Gasteiger partial charge in [0.2, 0.25) is 0 Å². The van der Waals surface area contributed by atoms with Crippen molar-refractivity contribution >= 4 is 17.4 Å². The highest BCUT2D eigenvalue weighted by Crippen LogP contribution is 2.12. The lowest BCUT2D eigenvalue weighted by Crippen LogP contribution is -2.08. The van der Waals surface area contributed by atoms with Crippen LogP contribution in [-0.4, -0.2) is 12.4 Å². The third-order valence-electron chi connectivity index (χ3n) is 2.68. The summed E-state index contributed by atoms with van der Waals surface area (Å²) in [6, 6.07) is 16.9. The van der Waals surface area contributed by atoms with E-state index in [4.69, 9.17) is 16.3 Å². The van der Waals surface area contributed by atoms with Crippen molar-refractivity contribution in [2.75, 3.05) is 6.61 Å². The number of Topliss-reactive ketones (excluding diaryl/α,β-unsaturated/α-hetero) is 1. The number of hydrogen-bond donors (Lipinski definition) is 0. The van der Waals surface area contributed by atoms with Crippen molar-refractivity contribution in [1.82, 2.24) is 0 Å². The van der Waals surface area contributed by atoms with E-state index < -0.39 is 0 Å². The molecular weight excluding hydrogens is 260 g/mol. The van der Waals surface area contributed by atoms with Gasteiger partial charge in [0, 0.05) is 17.9 Å². The van der Waals surface area contributed by atoms with E-state index in [0.29, 0.717) is 24.5 Å². The molecule has 19 heavy (non-hydrogen) atoms. The van der Waals surface area contributed by atoms with E-state index in [2.05, 4.69) is 0 Å². The molecule has 0 bridgehead atoms. The van der Waals surface area contributed by atoms with Crippen molar-refractivity contribution in [3.8, 4) is 5.75 Å². The summed E-state index contributed by atoms with van der Waals surface area (Å²) in [5.41, 5.74) is 0.942. The van der Waals surface area contributed by atoms with Crippen LogP contribution in [0.5, 0.6) is 5.75 Å². The predicted octanol–water partition coefficient (Wildman–Crippen LogP) is 3.92. The van der Waals surface area contributed by atoms with Crippen LogP contribution in [-0.2, 0) is 11.2 Å². The summed E-state index contributed by atoms with van der Waals surface area (Å²) in [6.07, 6.45) is 0.806. The zero-order valence-corrected chi connectivity index (χ0v) is 11.3. The predicted molar refractivity (Wildman–Crippen MR) is 76.7 cm³/mol. The van der Waals surface area contributed by atoms with E-state index in [1.807, 2.05) is 48.5 Å². The molecular formula is C16H15ClO2. The Morgan fingerprint density at radius 1 is 1.05 bits per heavy atom. The van der Waals surface area contributed by atoms with Crippen LogP contribution in [0.15, 0.2) is 54.6 Å². The number of halogens is 1. The van der Waals surface area contributed by atoms with Gasteiger partial charge in [-0.15, -0.1) is 0 Å². The van der Waals surface area contributed by atoms with Gasteiger partial charge < -0.3 is 4.74 Å². The largest absolute Gasteiger partial charge is 0.493 e. The first-order valence-electron chi connectivity index (χ1n) is 6.18. The molecule has 0 heterocycles. The lowest BCUT2D eigenvalue weighted by atomic mass is 10.1. The van der Waals surface area contributed by atoms with Crippen LogP contribution in [0, 0.1) is 0 Å². The molecule has 0 unspecified atom stereocenters. The summed E-state index contributed by atoms with van der Waals surface area (Å²) in [6.45, 7) is 0.406. The quantitative estimate of drug-likeness (QED) is 0.798. The van der Waals surface area contributed by atoms with Crippen LogP contribution in [0.2, 0.25) is 5.02 Å². The molecule has 0 aliphatic carbocycles. The third kappa shape index (κ3) is 4.76. The zero-order valence-electron chi connectivity index (χ0n) is 10.5. The van der Waals surface area contributed by atoms with Crippen LogP contribution in [0.4, 0.5) is 0 Å². The Hall–Kier alpha value is -1.80. The fourth-order valence-electron chi connectivity index (χ4n) is 1.76. The zero-order chi connectivity index (χ0) is 13.5. The molecule has 0 amide bonds. The minimum Gasteiger partial charge on any atom is -0.493 e. The first kappa shape index (κ1) is 13.6. The monoisotopic (exact) mass is 274 g/mol. The number of carbonyl (C=O) groups is 1. The number of hydrogen-bond acceptors (Lipinski definition) is 2. The fraction of sp³-hybridized carbons (Fsp3) is 0.188. The maximum atomic E-state index is 11.8. The smallest absolute Gasteiger partial charge is 0.140 e. The minimum absolute atomic E-state index is 0.151. The van der Waals surface area contributed by atoms with E-state index in [1.54, 1.807) is 6.07 Å². The van der Waals surface area contributed by atoms with Gasteiger partial charge in [-0.05, 0) is 29.8 Å². The SMILES string of the molecule is O=C(CCOc1ccccc1)Cc1cccc(Cl)c1. The van der Waals surface area contributed by atoms with Crippen molar-refractivity contribution in [2.45, 2.75) is 12.8 Å². The molecule has 2 nitrogen and oxygen atoms in total. The molecule has 0 aromatic heterocycles. The summed E-state index contributed by atoms with van der Waals surface area (Å²) in [7, 11) is 0. The van der Waals surface area contributed by atoms with Crippen molar-refractivity contribution in [1.29, 1.82) is 0 Å². The van der Waals surface area contributed by atoms with Crippen LogP contribution in [0.3, 0.4) is 0 Å². The van der Waals surface area contributed by atoms with E-state index in [-0.39, 0.29) is 5.78 Å². The molecule has 0 atom stereocenters. The molecule has 0 saturated heterocycles. The minimum atomic E-state index is 0.151. The maximum Gasteiger partial charge on any atom is 0.140 e. The first-order chi connectivity index (χ1) is 9.24. The summed E-state index contributed by atoms with van der Waals surface area (Å²) in [5, 5.41) is 0.658. The topological polar surface area (TPSA) is 26.3 Å². The van der Waals surface area contributed by atoms with E-state index >= 15 is 0 Å². The summed E-state index contributed by atoms with van der Waals surface area (Å²) in [4.78, 5) is 11.8. The lowest BCUT2D eigenvalue weighted by Gasteiger charge is -2.05. The number of para-hydroxylation sites is 1. The summed E-state index contributed by atoms with van der Waals surface area (Å²) >= 11 is 5.88. The third-order valence-corrected chi connectivity index (χ3v) is 2.92. The molecule has 0 aliphatic heterocycles. The number of carbonyl (C=O) groups excluding carboxylic acids is 1. The number of rotatable bonds is 6. The summed E-state index contributed by atoms with van der Waals surface area (Å²) < 4.78 is 5.49. The van der Waals surface area contributed by atoms with Gasteiger partial charge in [0.15, 0.2) is 0 Å². The Labute approximate surface area is 118 Å². The molecule has 0 N–H and O–H groups in total. The highest BCUT2D eigenvalue weighted by atomic mass is 35.5. The Morgan fingerprint density at radius 3 is 2.58 bits per heavy atom. The average Bonchev–Trinajstić information content (AvgIpc) is 2.40. The van der Waals surface area contributed by atoms with Crippen molar-refractivity contribution in [2.24, 2.45) is 0 Å². The highest BCUT2D eigenvalue weighted by Gasteiger charge is 2.04. The molecule has 3 heteroatoms. The normalized spacial score (nSPS) is 10.2. The standard InChI is InChI=1S/C16H15ClO2/c17-14-6-4-5-13(11-14)12-15(18)9-10-19-16-7-2-1-3-8-16/h1-8,11H,9-10,12H2. The van der Waals surface area contributed by atoms with Gasteiger partial charge in [0.1, 0.15) is 11.5 Å². The molecule has 2 aromatic carbocycles. The molecule has 2 rings (SSSR count). The second kappa shape index (κ2) is 6.95. The first-order valence-corrected chi connectivity index (χ1v) is 6.56. The highest BCUT2D eigenvalue weighted by molar-refractivity contribution is 6.30. The Bertz CT molecular complexity index is 537. The average molecular weight is 275 g/mol. The number of ketones is 1. The van der Waals surface area contributed by atoms with Crippen LogP contribution < -0.4 is 4.74 Å². The van der Waals surface area contributed by atoms with Gasteiger partial charge in [0.05, 0.1) is 6.61 Å². The van der Waals surface area contributed by atoms with E-state index in [0.717, 1.165) is 11.3 Å². The van der Waals surface area contributed by atoms with Gasteiger partial charge in [-0.25, -0.2) is 0 Å². The van der Waals surface area contributed by atoms with Crippen molar-refractivity contribution < 1.29 is 9.53 Å². The molecule has 0 saturated carbocycles. The van der Waals surface area contributed by atoms with Gasteiger partial charge in [-0.3, -0.25) is 4.79 Å².